The number of hydrogen-bond acceptors (Lipinski definition) is 3. The summed E-state index contributed by atoms with van der Waals surface area (Å²) in [5.74, 6) is 1.68. The SMILES string of the molecule is CCn1ccnc1NC(CN)C1CCCCC1. The maximum atomic E-state index is 5.91. The van der Waals surface area contributed by atoms with Crippen molar-refractivity contribution in [3.8, 4) is 0 Å². The van der Waals surface area contributed by atoms with E-state index in [0.29, 0.717) is 12.6 Å². The molecule has 1 aliphatic carbocycles. The Hall–Kier alpha value is -1.03. The quantitative estimate of drug-likeness (QED) is 0.824. The van der Waals surface area contributed by atoms with Crippen LogP contribution in [0.4, 0.5) is 5.95 Å². The molecule has 4 nitrogen and oxygen atoms in total. The second kappa shape index (κ2) is 6.05. The summed E-state index contributed by atoms with van der Waals surface area (Å²) < 4.78 is 2.13. The fourth-order valence-electron chi connectivity index (χ4n) is 2.78. The van der Waals surface area contributed by atoms with Gasteiger partial charge in [-0.1, -0.05) is 19.3 Å². The average Bonchev–Trinajstić information content (AvgIpc) is 2.84. The van der Waals surface area contributed by atoms with E-state index in [1.54, 1.807) is 0 Å². The highest BCUT2D eigenvalue weighted by Gasteiger charge is 2.23. The predicted octanol–water partition coefficient (Wildman–Crippen LogP) is 2.22. The van der Waals surface area contributed by atoms with Crippen molar-refractivity contribution in [3.63, 3.8) is 0 Å². The van der Waals surface area contributed by atoms with E-state index in [1.165, 1.54) is 32.1 Å². The van der Waals surface area contributed by atoms with E-state index in [9.17, 15) is 0 Å². The van der Waals surface area contributed by atoms with Crippen LogP contribution in [0.25, 0.3) is 0 Å². The number of nitrogens with zero attached hydrogens (tertiary/aromatic N) is 2. The second-order valence-corrected chi connectivity index (χ2v) is 4.92. The van der Waals surface area contributed by atoms with Crippen molar-refractivity contribution in [2.45, 2.75) is 51.6 Å². The molecule has 0 radical (unpaired) electrons. The van der Waals surface area contributed by atoms with E-state index >= 15 is 0 Å². The third-order valence-corrected chi connectivity index (χ3v) is 3.84. The lowest BCUT2D eigenvalue weighted by atomic mass is 9.84. The highest BCUT2D eigenvalue weighted by Crippen LogP contribution is 2.27. The van der Waals surface area contributed by atoms with Gasteiger partial charge in [0.05, 0.1) is 0 Å². The van der Waals surface area contributed by atoms with Crippen LogP contribution in [0.15, 0.2) is 12.4 Å². The molecule has 1 unspecified atom stereocenters. The first-order chi connectivity index (χ1) is 8.35. The lowest BCUT2D eigenvalue weighted by Crippen LogP contribution is -2.38. The molecule has 0 amide bonds. The summed E-state index contributed by atoms with van der Waals surface area (Å²) in [5, 5.41) is 3.52. The van der Waals surface area contributed by atoms with Crippen LogP contribution in [0.2, 0.25) is 0 Å². The van der Waals surface area contributed by atoms with Gasteiger partial charge >= 0.3 is 0 Å². The third-order valence-electron chi connectivity index (χ3n) is 3.84. The molecule has 1 aliphatic rings. The van der Waals surface area contributed by atoms with E-state index < -0.39 is 0 Å². The molecule has 2 rings (SSSR count). The Morgan fingerprint density at radius 3 is 2.88 bits per heavy atom. The molecule has 1 atom stereocenters. The van der Waals surface area contributed by atoms with Gasteiger partial charge in [0.15, 0.2) is 0 Å². The number of nitrogens with two attached hydrogens (primary N) is 1. The monoisotopic (exact) mass is 236 g/mol. The van der Waals surface area contributed by atoms with Gasteiger partial charge < -0.3 is 15.6 Å². The van der Waals surface area contributed by atoms with E-state index in [4.69, 9.17) is 5.73 Å². The Kier molecular flexibility index (Phi) is 4.42. The lowest BCUT2D eigenvalue weighted by Gasteiger charge is -2.30. The van der Waals surface area contributed by atoms with Crippen LogP contribution in [-0.4, -0.2) is 22.1 Å². The number of rotatable bonds is 5. The highest BCUT2D eigenvalue weighted by molar-refractivity contribution is 5.28. The lowest BCUT2D eigenvalue weighted by molar-refractivity contribution is 0.319. The molecule has 0 spiro atoms. The topological polar surface area (TPSA) is 55.9 Å². The Balaban J connectivity index is 1.98. The van der Waals surface area contributed by atoms with Crippen LogP contribution >= 0.6 is 0 Å². The molecule has 0 aromatic carbocycles. The number of aryl methyl sites for hydroxylation is 1. The van der Waals surface area contributed by atoms with Gasteiger partial charge in [0, 0.05) is 31.5 Å². The maximum Gasteiger partial charge on any atom is 0.203 e. The summed E-state index contributed by atoms with van der Waals surface area (Å²) in [5.41, 5.74) is 5.91. The van der Waals surface area contributed by atoms with Crippen molar-refractivity contribution < 1.29 is 0 Å². The molecule has 1 aromatic heterocycles. The third kappa shape index (κ3) is 3.00. The number of nitrogens with one attached hydrogen (secondary N) is 1. The molecule has 1 fully saturated rings. The summed E-state index contributed by atoms with van der Waals surface area (Å²) in [6.07, 6.45) is 10.6. The van der Waals surface area contributed by atoms with Crippen molar-refractivity contribution >= 4 is 5.95 Å². The Morgan fingerprint density at radius 1 is 1.47 bits per heavy atom. The molecule has 0 bridgehead atoms. The summed E-state index contributed by atoms with van der Waals surface area (Å²) in [6.45, 7) is 3.77. The van der Waals surface area contributed by atoms with Crippen LogP contribution in [0.5, 0.6) is 0 Å². The molecule has 1 heterocycles. The van der Waals surface area contributed by atoms with Gasteiger partial charge in [-0.25, -0.2) is 4.98 Å². The van der Waals surface area contributed by atoms with Gasteiger partial charge in [-0.3, -0.25) is 0 Å². The molecule has 0 aliphatic heterocycles. The fraction of sp³-hybridized carbons (Fsp3) is 0.769. The number of hydrogen-bond donors (Lipinski definition) is 2. The van der Waals surface area contributed by atoms with Gasteiger partial charge in [-0.15, -0.1) is 0 Å². The predicted molar refractivity (Wildman–Crippen MR) is 70.9 cm³/mol. The van der Waals surface area contributed by atoms with Crippen LogP contribution in [-0.2, 0) is 6.54 Å². The van der Waals surface area contributed by atoms with Crippen molar-refractivity contribution in [2.75, 3.05) is 11.9 Å². The first kappa shape index (κ1) is 12.4. The van der Waals surface area contributed by atoms with Crippen molar-refractivity contribution in [1.82, 2.24) is 9.55 Å². The molecule has 96 valence electrons. The average molecular weight is 236 g/mol. The van der Waals surface area contributed by atoms with Crippen LogP contribution in [0.1, 0.15) is 39.0 Å². The van der Waals surface area contributed by atoms with E-state index in [1.807, 2.05) is 12.4 Å². The molecular weight excluding hydrogens is 212 g/mol. The molecule has 1 aromatic rings. The minimum Gasteiger partial charge on any atom is -0.351 e. The smallest absolute Gasteiger partial charge is 0.203 e. The number of aromatic nitrogens is 2. The largest absolute Gasteiger partial charge is 0.351 e. The van der Waals surface area contributed by atoms with Gasteiger partial charge in [0.1, 0.15) is 0 Å². The van der Waals surface area contributed by atoms with Crippen LogP contribution < -0.4 is 11.1 Å². The molecule has 3 N–H and O–H groups in total. The summed E-state index contributed by atoms with van der Waals surface area (Å²) in [4.78, 5) is 4.37. The van der Waals surface area contributed by atoms with Crippen LogP contribution in [0, 0.1) is 5.92 Å². The van der Waals surface area contributed by atoms with E-state index in [-0.39, 0.29) is 0 Å². The molecule has 4 heteroatoms. The molecular formula is C13H24N4. The minimum atomic E-state index is 0.378. The zero-order valence-corrected chi connectivity index (χ0v) is 10.7. The molecule has 17 heavy (non-hydrogen) atoms. The number of anilines is 1. The van der Waals surface area contributed by atoms with Gasteiger partial charge in [-0.2, -0.15) is 0 Å². The van der Waals surface area contributed by atoms with Crippen LogP contribution in [0.3, 0.4) is 0 Å². The number of imidazole rings is 1. The Labute approximate surface area is 104 Å². The van der Waals surface area contributed by atoms with E-state index in [2.05, 4.69) is 21.8 Å². The second-order valence-electron chi connectivity index (χ2n) is 4.92. The van der Waals surface area contributed by atoms with Gasteiger partial charge in [0.25, 0.3) is 0 Å². The zero-order valence-electron chi connectivity index (χ0n) is 10.7. The molecule has 1 saturated carbocycles. The first-order valence-electron chi connectivity index (χ1n) is 6.83. The standard InChI is InChI=1S/C13H24N4/c1-2-17-9-8-15-13(17)16-12(10-14)11-6-4-3-5-7-11/h8-9,11-12H,2-7,10,14H2,1H3,(H,15,16). The summed E-state index contributed by atoms with van der Waals surface area (Å²) in [7, 11) is 0. The molecule has 0 saturated heterocycles. The highest BCUT2D eigenvalue weighted by atomic mass is 15.2. The Morgan fingerprint density at radius 2 is 2.24 bits per heavy atom. The maximum absolute atomic E-state index is 5.91. The fourth-order valence-corrected chi connectivity index (χ4v) is 2.78. The van der Waals surface area contributed by atoms with Crippen molar-refractivity contribution in [2.24, 2.45) is 11.7 Å². The summed E-state index contributed by atoms with van der Waals surface area (Å²) in [6, 6.07) is 0.378. The first-order valence-corrected chi connectivity index (χ1v) is 6.83. The normalized spacial score (nSPS) is 19.2. The van der Waals surface area contributed by atoms with E-state index in [0.717, 1.165) is 18.4 Å². The zero-order chi connectivity index (χ0) is 12.1. The Bertz CT molecular complexity index is 328. The van der Waals surface area contributed by atoms with Crippen molar-refractivity contribution in [3.05, 3.63) is 12.4 Å². The van der Waals surface area contributed by atoms with Crippen molar-refractivity contribution in [1.29, 1.82) is 0 Å². The summed E-state index contributed by atoms with van der Waals surface area (Å²) >= 11 is 0. The van der Waals surface area contributed by atoms with Gasteiger partial charge in [-0.05, 0) is 25.7 Å². The minimum absolute atomic E-state index is 0.378. The van der Waals surface area contributed by atoms with Gasteiger partial charge in [0.2, 0.25) is 5.95 Å².